The number of pyridine rings is 2. The van der Waals surface area contributed by atoms with Crippen molar-refractivity contribution in [2.24, 2.45) is 0 Å². The molecule has 0 fully saturated rings. The molecule has 0 saturated heterocycles. The van der Waals surface area contributed by atoms with Gasteiger partial charge in [-0.2, -0.15) is 0 Å². The molecule has 2 rings (SSSR count). The molecule has 0 spiro atoms. The minimum absolute atomic E-state index is 0.166. The zero-order valence-corrected chi connectivity index (χ0v) is 16.4. The average Bonchev–Trinajstić information content (AvgIpc) is 2.62. The topological polar surface area (TPSA) is 75.1 Å². The summed E-state index contributed by atoms with van der Waals surface area (Å²) in [7, 11) is 0. The number of anilines is 1. The number of carbonyl (C=O) groups excluding carboxylic acids is 1. The Morgan fingerprint density at radius 2 is 2.04 bits per heavy atom. The van der Waals surface area contributed by atoms with Crippen molar-refractivity contribution < 1.29 is 9.90 Å². The van der Waals surface area contributed by atoms with Gasteiger partial charge < -0.3 is 10.4 Å². The van der Waals surface area contributed by atoms with E-state index in [4.69, 9.17) is 0 Å². The summed E-state index contributed by atoms with van der Waals surface area (Å²) in [4.78, 5) is 19.9. The van der Waals surface area contributed by atoms with Gasteiger partial charge >= 0.3 is 0 Å². The van der Waals surface area contributed by atoms with Crippen molar-refractivity contribution in [1.29, 1.82) is 0 Å². The first-order valence-electron chi connectivity index (χ1n) is 9.11. The van der Waals surface area contributed by atoms with E-state index in [1.54, 1.807) is 18.5 Å². The van der Waals surface area contributed by atoms with E-state index in [2.05, 4.69) is 21.9 Å². The van der Waals surface area contributed by atoms with Gasteiger partial charge in [-0.05, 0) is 43.1 Å². The fourth-order valence-corrected chi connectivity index (χ4v) is 2.95. The minimum Gasteiger partial charge on any atom is -0.388 e. The molecule has 0 bridgehead atoms. The molecule has 5 heteroatoms. The van der Waals surface area contributed by atoms with Gasteiger partial charge in [0.1, 0.15) is 5.82 Å². The first-order valence-corrected chi connectivity index (χ1v) is 9.11. The second-order valence-corrected chi connectivity index (χ2v) is 6.58. The summed E-state index contributed by atoms with van der Waals surface area (Å²) in [6.07, 6.45) is 8.55. The van der Waals surface area contributed by atoms with E-state index in [-0.39, 0.29) is 5.91 Å². The molecule has 0 aliphatic rings. The van der Waals surface area contributed by atoms with Crippen LogP contribution in [0.15, 0.2) is 54.4 Å². The van der Waals surface area contributed by atoms with Crippen LogP contribution >= 0.6 is 0 Å². The standard InChI is InChI=1S/C22H27N3O2/c1-6-8-21(27)15(4)9-14(3)19(7-2)17-10-18-13-24-22(25-16(5)26)11-20(18)23-12-17/h7,9-13,21,27H,4,6,8H2,1-3,5H3,(H,24,25,26)/b14-9-,19-7+. The number of allylic oxidation sites excluding steroid dienone is 3. The van der Waals surface area contributed by atoms with Crippen molar-refractivity contribution in [3.8, 4) is 0 Å². The van der Waals surface area contributed by atoms with Crippen LogP contribution in [-0.2, 0) is 4.79 Å². The fourth-order valence-electron chi connectivity index (χ4n) is 2.95. The number of fused-ring (bicyclic) bond motifs is 1. The van der Waals surface area contributed by atoms with Gasteiger partial charge in [0.05, 0.1) is 11.6 Å². The Bertz CT molecular complexity index is 913. The Hall–Kier alpha value is -2.79. The van der Waals surface area contributed by atoms with Crippen molar-refractivity contribution >= 4 is 28.2 Å². The molecule has 0 aliphatic heterocycles. The molecule has 27 heavy (non-hydrogen) atoms. The van der Waals surface area contributed by atoms with Gasteiger partial charge in [0.2, 0.25) is 5.91 Å². The largest absolute Gasteiger partial charge is 0.388 e. The van der Waals surface area contributed by atoms with Gasteiger partial charge in [-0.25, -0.2) is 4.98 Å². The van der Waals surface area contributed by atoms with Crippen LogP contribution in [0.1, 0.15) is 46.1 Å². The normalized spacial score (nSPS) is 13.5. The molecular weight excluding hydrogens is 338 g/mol. The van der Waals surface area contributed by atoms with Gasteiger partial charge in [-0.3, -0.25) is 9.78 Å². The predicted octanol–water partition coefficient (Wildman–Crippen LogP) is 4.66. The maximum atomic E-state index is 11.2. The van der Waals surface area contributed by atoms with E-state index in [0.717, 1.165) is 34.0 Å². The summed E-state index contributed by atoms with van der Waals surface area (Å²) in [6.45, 7) is 11.5. The van der Waals surface area contributed by atoms with Crippen molar-refractivity contribution in [2.45, 2.75) is 46.6 Å². The van der Waals surface area contributed by atoms with Crippen molar-refractivity contribution in [3.05, 3.63) is 60.0 Å². The third-order valence-corrected chi connectivity index (χ3v) is 4.29. The molecule has 2 aromatic heterocycles. The maximum absolute atomic E-state index is 11.2. The Kier molecular flexibility index (Phi) is 7.02. The van der Waals surface area contributed by atoms with E-state index < -0.39 is 6.10 Å². The molecule has 1 amide bonds. The van der Waals surface area contributed by atoms with Crippen LogP contribution in [-0.4, -0.2) is 27.1 Å². The van der Waals surface area contributed by atoms with Crippen LogP contribution in [0.2, 0.25) is 0 Å². The van der Waals surface area contributed by atoms with Crippen LogP contribution in [0, 0.1) is 0 Å². The van der Waals surface area contributed by atoms with Gasteiger partial charge in [-0.1, -0.05) is 32.1 Å². The second kappa shape index (κ2) is 9.24. The SMILES string of the molecule is C=C(/C=C(C)\C(=C/C)c1cnc2cc(NC(C)=O)ncc2c1)C(O)CCC. The van der Waals surface area contributed by atoms with Crippen LogP contribution in [0.5, 0.6) is 0 Å². The van der Waals surface area contributed by atoms with E-state index >= 15 is 0 Å². The maximum Gasteiger partial charge on any atom is 0.222 e. The van der Waals surface area contributed by atoms with Gasteiger partial charge in [0.15, 0.2) is 0 Å². The Balaban J connectivity index is 2.32. The summed E-state index contributed by atoms with van der Waals surface area (Å²) in [5.41, 5.74) is 4.48. The van der Waals surface area contributed by atoms with E-state index in [1.165, 1.54) is 6.92 Å². The molecule has 0 aromatic carbocycles. The Labute approximate surface area is 160 Å². The van der Waals surface area contributed by atoms with E-state index in [1.807, 2.05) is 39.0 Å². The van der Waals surface area contributed by atoms with Crippen molar-refractivity contribution in [1.82, 2.24) is 9.97 Å². The quantitative estimate of drug-likeness (QED) is 0.700. The Morgan fingerprint density at radius 3 is 2.67 bits per heavy atom. The van der Waals surface area contributed by atoms with Crippen LogP contribution in [0.4, 0.5) is 5.82 Å². The molecule has 1 unspecified atom stereocenters. The number of hydrogen-bond donors (Lipinski definition) is 2. The number of nitrogens with zero attached hydrogens (tertiary/aromatic N) is 2. The lowest BCUT2D eigenvalue weighted by atomic mass is 9.96. The molecule has 2 aromatic rings. The van der Waals surface area contributed by atoms with E-state index in [9.17, 15) is 9.90 Å². The summed E-state index contributed by atoms with van der Waals surface area (Å²) in [5.74, 6) is 0.319. The fraction of sp³-hybridized carbons (Fsp3) is 0.318. The third kappa shape index (κ3) is 5.34. The number of aromatic nitrogens is 2. The first-order chi connectivity index (χ1) is 12.8. The lowest BCUT2D eigenvalue weighted by Gasteiger charge is -2.13. The van der Waals surface area contributed by atoms with Crippen LogP contribution < -0.4 is 5.32 Å². The zero-order chi connectivity index (χ0) is 20.0. The third-order valence-electron chi connectivity index (χ3n) is 4.29. The molecule has 2 N–H and O–H groups in total. The van der Waals surface area contributed by atoms with Crippen molar-refractivity contribution in [2.75, 3.05) is 5.32 Å². The monoisotopic (exact) mass is 365 g/mol. The number of nitrogens with one attached hydrogen (secondary N) is 1. The molecule has 1 atom stereocenters. The van der Waals surface area contributed by atoms with Gasteiger partial charge in [-0.15, -0.1) is 0 Å². The molecular formula is C22H27N3O2. The summed E-state index contributed by atoms with van der Waals surface area (Å²) in [5, 5.41) is 13.7. The summed E-state index contributed by atoms with van der Waals surface area (Å²) in [6, 6.07) is 3.77. The molecule has 0 aliphatic carbocycles. The lowest BCUT2D eigenvalue weighted by molar-refractivity contribution is -0.114. The highest BCUT2D eigenvalue weighted by Crippen LogP contribution is 2.27. The zero-order valence-electron chi connectivity index (χ0n) is 16.4. The Morgan fingerprint density at radius 1 is 1.30 bits per heavy atom. The summed E-state index contributed by atoms with van der Waals surface area (Å²) >= 11 is 0. The predicted molar refractivity (Wildman–Crippen MR) is 111 cm³/mol. The number of aliphatic hydroxyl groups excluding tert-OH is 1. The number of rotatable bonds is 7. The van der Waals surface area contributed by atoms with Gasteiger partial charge in [0.25, 0.3) is 0 Å². The second-order valence-electron chi connectivity index (χ2n) is 6.58. The molecule has 2 heterocycles. The molecule has 5 nitrogen and oxygen atoms in total. The van der Waals surface area contributed by atoms with E-state index in [0.29, 0.717) is 17.8 Å². The number of aliphatic hydroxyl groups is 1. The molecule has 142 valence electrons. The number of hydrogen-bond acceptors (Lipinski definition) is 4. The minimum atomic E-state index is -0.519. The highest BCUT2D eigenvalue weighted by Gasteiger charge is 2.10. The van der Waals surface area contributed by atoms with Crippen LogP contribution in [0.25, 0.3) is 16.5 Å². The average molecular weight is 365 g/mol. The molecule has 0 saturated carbocycles. The smallest absolute Gasteiger partial charge is 0.222 e. The van der Waals surface area contributed by atoms with Crippen LogP contribution in [0.3, 0.4) is 0 Å². The lowest BCUT2D eigenvalue weighted by Crippen LogP contribution is -2.07. The van der Waals surface area contributed by atoms with Crippen molar-refractivity contribution in [3.63, 3.8) is 0 Å². The highest BCUT2D eigenvalue weighted by molar-refractivity contribution is 5.91. The summed E-state index contributed by atoms with van der Waals surface area (Å²) < 4.78 is 0. The first kappa shape index (κ1) is 20.5. The number of amides is 1. The molecule has 0 radical (unpaired) electrons. The highest BCUT2D eigenvalue weighted by atomic mass is 16.3. The van der Waals surface area contributed by atoms with Gasteiger partial charge in [0, 0.05) is 36.3 Å². The number of carbonyl (C=O) groups is 1.